The molecule has 0 spiro atoms. The molecule has 9 aromatic carbocycles. The predicted octanol–water partition coefficient (Wildman–Crippen LogP) is 29.8. The van der Waals surface area contributed by atoms with Gasteiger partial charge in [-0.15, -0.1) is 0 Å². The molecule has 32 heteroatoms. The number of hydrogen-bond donors (Lipinski definition) is 0. The number of ketones is 3. The number of carbonyl (C=O) groups excluding carboxylic acids is 3. The molecule has 0 radical (unpaired) electrons. The van der Waals surface area contributed by atoms with Gasteiger partial charge in [-0.3, -0.25) is 14.4 Å². The summed E-state index contributed by atoms with van der Waals surface area (Å²) in [5.74, 6) is -3.65. The average Bonchev–Trinajstić information content (AvgIpc) is 0.776. The molecular weight excluding hydrogens is 1660 g/mol. The van der Waals surface area contributed by atoms with Crippen molar-refractivity contribution in [3.05, 3.63) is 247 Å². The van der Waals surface area contributed by atoms with Gasteiger partial charge in [0, 0.05) is 72.5 Å². The highest BCUT2D eigenvalue weighted by atomic mass is 35.5. The molecule has 120 heavy (non-hydrogen) atoms. The van der Waals surface area contributed by atoms with Crippen molar-refractivity contribution in [2.24, 2.45) is 17.8 Å². The first kappa shape index (κ1) is 95.4. The van der Waals surface area contributed by atoms with E-state index in [1.807, 2.05) is 52.5 Å². The summed E-state index contributed by atoms with van der Waals surface area (Å²) in [4.78, 5) is 41.7. The molecule has 1 heterocycles. The molecule has 0 saturated carbocycles. The number of nitrogens with zero attached hydrogens (tertiary/aromatic N) is 3. The molecule has 3 unspecified atom stereocenters. The second-order valence-corrected chi connectivity index (χ2v) is 31.0. The van der Waals surface area contributed by atoms with Crippen molar-refractivity contribution in [1.82, 2.24) is 0 Å². The Hall–Kier alpha value is -10.1. The van der Waals surface area contributed by atoms with E-state index in [9.17, 15) is 124 Å². The summed E-state index contributed by atoms with van der Waals surface area (Å²) in [5.41, 5.74) is -6.92. The quantitative estimate of drug-likeness (QED) is 0.0709. The second-order valence-electron chi connectivity index (χ2n) is 30.6. The smallest absolute Gasteiger partial charge is 0.345 e. The van der Waals surface area contributed by atoms with Crippen LogP contribution in [0.4, 0.5) is 144 Å². The Bertz CT molecular complexity index is 5100. The molecular formula is C88H79ClF25N3O3. The average molecular weight is 1740 g/mol. The van der Waals surface area contributed by atoms with Gasteiger partial charge in [0.2, 0.25) is 0 Å². The van der Waals surface area contributed by atoms with Crippen LogP contribution in [0.5, 0.6) is 0 Å². The summed E-state index contributed by atoms with van der Waals surface area (Å²) in [6, 6.07) is 29.1. The fraction of sp³-hybridized carbons (Fsp3) is 0.352. The van der Waals surface area contributed by atoms with Gasteiger partial charge in [0.15, 0.2) is 0 Å². The minimum Gasteiger partial charge on any atom is -0.345 e. The summed E-state index contributed by atoms with van der Waals surface area (Å²) in [7, 11) is 2.41. The van der Waals surface area contributed by atoms with Crippen LogP contribution in [0.15, 0.2) is 170 Å². The summed E-state index contributed by atoms with van der Waals surface area (Å²) in [6.07, 6.45) is -36.5. The third-order valence-corrected chi connectivity index (χ3v) is 20.2. The third-order valence-electron chi connectivity index (χ3n) is 19.9. The predicted molar refractivity (Wildman–Crippen MR) is 410 cm³/mol. The van der Waals surface area contributed by atoms with E-state index in [4.69, 9.17) is 11.6 Å². The van der Waals surface area contributed by atoms with Crippen LogP contribution in [0.1, 0.15) is 173 Å². The number of anilines is 6. The molecule has 10 rings (SSSR count). The zero-order valence-corrected chi connectivity index (χ0v) is 66.5. The summed E-state index contributed by atoms with van der Waals surface area (Å²) in [6.45, 7) is 15.9. The normalized spacial score (nSPS) is 13.9. The van der Waals surface area contributed by atoms with E-state index in [2.05, 4.69) is 0 Å². The zero-order chi connectivity index (χ0) is 90.0. The second kappa shape index (κ2) is 36.7. The van der Waals surface area contributed by atoms with Crippen molar-refractivity contribution in [1.29, 1.82) is 0 Å². The van der Waals surface area contributed by atoms with Crippen LogP contribution in [0.3, 0.4) is 0 Å². The molecule has 0 N–H and O–H groups in total. The Balaban J connectivity index is 0.000000224. The van der Waals surface area contributed by atoms with Gasteiger partial charge in [-0.2, -0.15) is 105 Å². The van der Waals surface area contributed by atoms with E-state index < -0.39 is 134 Å². The van der Waals surface area contributed by atoms with Gasteiger partial charge in [0.05, 0.1) is 49.5 Å². The number of alkyl halides is 24. The molecule has 0 aliphatic carbocycles. The maximum atomic E-state index is 14.3. The van der Waals surface area contributed by atoms with Gasteiger partial charge in [-0.05, 0) is 254 Å². The molecule has 1 aliphatic rings. The molecule has 9 aromatic rings. The third kappa shape index (κ3) is 24.6. The van der Waals surface area contributed by atoms with E-state index in [1.165, 1.54) is 95.5 Å². The zero-order valence-electron chi connectivity index (χ0n) is 65.8. The van der Waals surface area contributed by atoms with Crippen LogP contribution in [0.25, 0.3) is 33.4 Å². The number of rotatable bonds is 20. The molecule has 6 nitrogen and oxygen atoms in total. The molecule has 0 bridgehead atoms. The standard InChI is InChI=1S/C30H29F6NO.C29H25ClF9NO.C29H25F10NO/c1-18(2)13-27(19(3)38)23-14-22(20-6-9-24(10-7-20)29(31,32)33)15-26(16-23)37-12-4-5-21-8-11-25(17-28(21)37)30(34,35)36;1-15(2)7-24(16(3)41)19-8-18(17-5-6-26(30)25(11-17)29(37,38)39)9-22(10-19)40(4)23-13-20(27(31,32)33)12-21(14-23)28(34,35)36;1-15(2)5-26(16(3)41)19-6-17(18-7-20(27(31,32)33)12-23(30)8-18)9-24(10-19)40(4)25-13-21(28(34,35)36)11-22(14-25)29(37,38)39/h6-11,14-18,27H,4-5,12-13H2,1-3H3;5-6,8-15,24H,7H2,1-4H3;6-15,26H,5H2,1-4H3. The fourth-order valence-electron chi connectivity index (χ4n) is 13.9. The van der Waals surface area contributed by atoms with Crippen molar-refractivity contribution < 1.29 is 124 Å². The number of hydrogen-bond acceptors (Lipinski definition) is 6. The van der Waals surface area contributed by atoms with Gasteiger partial charge < -0.3 is 14.7 Å². The van der Waals surface area contributed by atoms with E-state index in [0.717, 1.165) is 64.2 Å². The largest absolute Gasteiger partial charge is 0.417 e. The lowest BCUT2D eigenvalue weighted by molar-refractivity contribution is -0.144. The number of halogens is 26. The fourth-order valence-corrected chi connectivity index (χ4v) is 14.1. The number of benzene rings is 9. The highest BCUT2D eigenvalue weighted by Crippen LogP contribution is 2.48. The molecule has 0 saturated heterocycles. The van der Waals surface area contributed by atoms with Gasteiger partial charge >= 0.3 is 49.4 Å². The summed E-state index contributed by atoms with van der Waals surface area (Å²) in [5, 5.41) is -0.556. The lowest BCUT2D eigenvalue weighted by Gasteiger charge is -2.33. The summed E-state index contributed by atoms with van der Waals surface area (Å²) < 4.78 is 337. The first-order valence-electron chi connectivity index (χ1n) is 37.0. The van der Waals surface area contributed by atoms with E-state index >= 15 is 0 Å². The van der Waals surface area contributed by atoms with Gasteiger partial charge in [-0.1, -0.05) is 95.6 Å². The molecule has 0 amide bonds. The monoisotopic (exact) mass is 1740 g/mol. The maximum Gasteiger partial charge on any atom is 0.417 e. The van der Waals surface area contributed by atoms with Crippen molar-refractivity contribution >= 4 is 63.1 Å². The Morgan fingerprint density at radius 1 is 0.350 bits per heavy atom. The van der Waals surface area contributed by atoms with E-state index in [-0.39, 0.29) is 86.4 Å². The Kier molecular flexibility index (Phi) is 29.2. The van der Waals surface area contributed by atoms with E-state index in [0.29, 0.717) is 102 Å². The minimum absolute atomic E-state index is 0.0000138. The van der Waals surface area contributed by atoms with Gasteiger partial charge in [0.25, 0.3) is 0 Å². The molecule has 1 aliphatic heterocycles. The number of fused-ring (bicyclic) bond motifs is 1. The van der Waals surface area contributed by atoms with Crippen molar-refractivity contribution in [3.63, 3.8) is 0 Å². The molecule has 646 valence electrons. The number of aryl methyl sites for hydroxylation is 1. The van der Waals surface area contributed by atoms with Crippen LogP contribution in [-0.4, -0.2) is 38.0 Å². The van der Waals surface area contributed by atoms with Crippen molar-refractivity contribution in [2.45, 2.75) is 162 Å². The van der Waals surface area contributed by atoms with Crippen LogP contribution in [0, 0.1) is 23.6 Å². The summed E-state index contributed by atoms with van der Waals surface area (Å²) >= 11 is 5.76. The van der Waals surface area contributed by atoms with Gasteiger partial charge in [-0.25, -0.2) is 4.39 Å². The highest BCUT2D eigenvalue weighted by Gasteiger charge is 2.42. The van der Waals surface area contributed by atoms with Crippen LogP contribution < -0.4 is 14.7 Å². The molecule has 0 aromatic heterocycles. The highest BCUT2D eigenvalue weighted by molar-refractivity contribution is 6.31. The van der Waals surface area contributed by atoms with Crippen LogP contribution in [-0.2, 0) is 70.2 Å². The topological polar surface area (TPSA) is 60.9 Å². The Labute approximate surface area is 680 Å². The minimum atomic E-state index is -5.11. The van der Waals surface area contributed by atoms with Crippen LogP contribution >= 0.6 is 11.6 Å². The first-order chi connectivity index (χ1) is 55.1. The SMILES string of the molecule is CC(=O)C(CC(C)C)c1cc(-c2cc(F)cc(C(F)(F)F)c2)cc(N(C)c2cc(C(F)(F)F)cc(C(F)(F)F)c2)c1.CC(=O)C(CC(C)C)c1cc(-c2ccc(C(F)(F)F)cc2)cc(N2CCCc3ccc(C(F)(F)F)cc32)c1.CC(=O)C(CC(C)C)c1cc(-c2ccc(Cl)c(C(F)(F)F)c2)cc(N(C)c2cc(C(F)(F)F)cc(C(F)(F)F)c2)c1. The Morgan fingerprint density at radius 3 is 1.07 bits per heavy atom. The number of Topliss-reactive ketones (excluding diaryl/α,β-unsaturated/α-hetero) is 3. The first-order valence-corrected chi connectivity index (χ1v) is 37.4. The van der Waals surface area contributed by atoms with E-state index in [1.54, 1.807) is 12.1 Å². The van der Waals surface area contributed by atoms with Crippen molar-refractivity contribution in [2.75, 3.05) is 35.3 Å². The Morgan fingerprint density at radius 2 is 0.692 bits per heavy atom. The van der Waals surface area contributed by atoms with Crippen molar-refractivity contribution in [3.8, 4) is 33.4 Å². The maximum absolute atomic E-state index is 14.3. The van der Waals surface area contributed by atoms with Crippen LogP contribution in [0.2, 0.25) is 5.02 Å². The molecule has 0 fully saturated rings. The lowest BCUT2D eigenvalue weighted by atomic mass is 9.85. The lowest BCUT2D eigenvalue weighted by Crippen LogP contribution is -2.25. The molecule has 3 atom stereocenters. The number of carbonyl (C=O) groups is 3. The van der Waals surface area contributed by atoms with Gasteiger partial charge in [0.1, 0.15) is 23.2 Å².